The number of benzene rings is 1. The lowest BCUT2D eigenvalue weighted by atomic mass is 10.1. The smallest absolute Gasteiger partial charge is 0.215 e. The molecule has 0 spiro atoms. The van der Waals surface area contributed by atoms with E-state index in [1.165, 1.54) is 15.6 Å². The van der Waals surface area contributed by atoms with Crippen molar-refractivity contribution in [2.45, 2.75) is 26.4 Å². The summed E-state index contributed by atoms with van der Waals surface area (Å²) in [6, 6.07) is 5.60. The van der Waals surface area contributed by atoms with E-state index in [4.69, 9.17) is 11.6 Å². The largest absolute Gasteiger partial charge is 0.250 e. The molecule has 0 saturated carbocycles. The summed E-state index contributed by atoms with van der Waals surface area (Å²) in [5.41, 5.74) is 4.60. The van der Waals surface area contributed by atoms with Gasteiger partial charge >= 0.3 is 0 Å². The van der Waals surface area contributed by atoms with Crippen LogP contribution in [0.2, 0.25) is 5.02 Å². The molecule has 0 bridgehead atoms. The molecule has 0 atom stereocenters. The Hall–Kier alpha value is -0.950. The van der Waals surface area contributed by atoms with Crippen LogP contribution in [0.15, 0.2) is 23.7 Å². The Morgan fingerprint density at radius 1 is 1.38 bits per heavy atom. The lowest BCUT2D eigenvalue weighted by Crippen LogP contribution is -2.28. The van der Waals surface area contributed by atoms with E-state index in [9.17, 15) is 8.42 Å². The fraction of sp³-hybridized carbons (Fsp3) is 0.357. The minimum absolute atomic E-state index is 0.113. The molecular formula is C14H15ClN2O2S2. The first-order valence-electron chi connectivity index (χ1n) is 6.60. The van der Waals surface area contributed by atoms with E-state index < -0.39 is 10.0 Å². The standard InChI is InChI=1S/C14H15ClN2O2S2/c1-10-14(20-9-16-10)5-6-21(18,19)17-7-11-3-2-4-13(15)12(11)8-17/h2-4,9H,5-8H2,1H3. The molecule has 0 unspecified atom stereocenters. The highest BCUT2D eigenvalue weighted by molar-refractivity contribution is 7.89. The van der Waals surface area contributed by atoms with Crippen LogP contribution in [-0.2, 0) is 29.5 Å². The fourth-order valence-corrected chi connectivity index (χ4v) is 5.01. The molecule has 7 heteroatoms. The molecule has 3 rings (SSSR count). The fourth-order valence-electron chi connectivity index (χ4n) is 2.46. The predicted octanol–water partition coefficient (Wildman–Crippen LogP) is 2.99. The molecule has 0 N–H and O–H groups in total. The maximum absolute atomic E-state index is 12.5. The van der Waals surface area contributed by atoms with E-state index in [0.717, 1.165) is 21.7 Å². The van der Waals surface area contributed by atoms with Crippen molar-refractivity contribution in [3.05, 3.63) is 50.4 Å². The van der Waals surface area contributed by atoms with Crippen LogP contribution < -0.4 is 0 Å². The molecule has 4 nitrogen and oxygen atoms in total. The van der Waals surface area contributed by atoms with Crippen molar-refractivity contribution in [3.8, 4) is 0 Å². The average molecular weight is 343 g/mol. The van der Waals surface area contributed by atoms with Crippen molar-refractivity contribution in [1.82, 2.24) is 9.29 Å². The summed E-state index contributed by atoms with van der Waals surface area (Å²) in [4.78, 5) is 5.19. The lowest BCUT2D eigenvalue weighted by Gasteiger charge is -2.15. The Morgan fingerprint density at radius 3 is 2.86 bits per heavy atom. The molecule has 2 aromatic rings. The first-order chi connectivity index (χ1) is 9.97. The van der Waals surface area contributed by atoms with Crippen LogP contribution >= 0.6 is 22.9 Å². The maximum Gasteiger partial charge on any atom is 0.215 e. The highest BCUT2D eigenvalue weighted by atomic mass is 35.5. The molecule has 0 radical (unpaired) electrons. The minimum Gasteiger partial charge on any atom is -0.250 e. The van der Waals surface area contributed by atoms with E-state index in [-0.39, 0.29) is 5.75 Å². The molecule has 0 fully saturated rings. The summed E-state index contributed by atoms with van der Waals surface area (Å²) in [5.74, 6) is 0.113. The second-order valence-electron chi connectivity index (χ2n) is 5.07. The SMILES string of the molecule is Cc1ncsc1CCS(=O)(=O)N1Cc2cccc(Cl)c2C1. The highest BCUT2D eigenvalue weighted by Gasteiger charge is 2.30. The van der Waals surface area contributed by atoms with Crippen molar-refractivity contribution < 1.29 is 8.42 Å². The minimum atomic E-state index is -3.28. The van der Waals surface area contributed by atoms with Crippen molar-refractivity contribution in [2.75, 3.05) is 5.75 Å². The van der Waals surface area contributed by atoms with Gasteiger partial charge in [-0.3, -0.25) is 0 Å². The normalized spacial score (nSPS) is 15.3. The first-order valence-corrected chi connectivity index (χ1v) is 9.47. The Kier molecular flexibility index (Phi) is 4.05. The van der Waals surface area contributed by atoms with Crippen LogP contribution in [0.3, 0.4) is 0 Å². The number of nitrogens with zero attached hydrogens (tertiary/aromatic N) is 2. The van der Waals surface area contributed by atoms with Gasteiger partial charge in [0.2, 0.25) is 10.0 Å². The Balaban J connectivity index is 1.73. The van der Waals surface area contributed by atoms with Gasteiger partial charge in [-0.05, 0) is 30.5 Å². The zero-order valence-electron chi connectivity index (χ0n) is 11.5. The Labute approximate surface area is 133 Å². The number of aromatic nitrogens is 1. The second-order valence-corrected chi connectivity index (χ2v) is 8.51. The number of rotatable bonds is 4. The third-order valence-corrected chi connectivity index (χ3v) is 6.84. The monoisotopic (exact) mass is 342 g/mol. The Bertz CT molecular complexity index is 771. The molecule has 112 valence electrons. The molecule has 1 aliphatic heterocycles. The number of hydrogen-bond donors (Lipinski definition) is 0. The van der Waals surface area contributed by atoms with E-state index >= 15 is 0 Å². The van der Waals surface area contributed by atoms with E-state index in [1.807, 2.05) is 19.1 Å². The summed E-state index contributed by atoms with van der Waals surface area (Å²) < 4.78 is 26.5. The molecule has 2 heterocycles. The van der Waals surface area contributed by atoms with Crippen LogP contribution in [0, 0.1) is 6.92 Å². The zero-order chi connectivity index (χ0) is 15.0. The average Bonchev–Trinajstić information content (AvgIpc) is 3.04. The summed E-state index contributed by atoms with van der Waals surface area (Å²) in [5, 5.41) is 0.642. The highest BCUT2D eigenvalue weighted by Crippen LogP contribution is 2.31. The van der Waals surface area contributed by atoms with Crippen molar-refractivity contribution >= 4 is 33.0 Å². The van der Waals surface area contributed by atoms with Gasteiger partial charge in [-0.1, -0.05) is 23.7 Å². The van der Waals surface area contributed by atoms with Gasteiger partial charge in [0.1, 0.15) is 0 Å². The summed E-state index contributed by atoms with van der Waals surface area (Å²) in [7, 11) is -3.28. The third-order valence-electron chi connectivity index (χ3n) is 3.72. The second kappa shape index (κ2) is 5.68. The molecule has 1 aliphatic rings. The molecule has 0 saturated heterocycles. The Morgan fingerprint density at radius 2 is 2.19 bits per heavy atom. The van der Waals surface area contributed by atoms with Crippen molar-refractivity contribution in [3.63, 3.8) is 0 Å². The molecule has 0 amide bonds. The van der Waals surface area contributed by atoms with Gasteiger partial charge in [-0.15, -0.1) is 11.3 Å². The number of thiazole rings is 1. The maximum atomic E-state index is 12.5. The summed E-state index contributed by atoms with van der Waals surface area (Å²) in [6.45, 7) is 2.70. The number of halogens is 1. The van der Waals surface area contributed by atoms with Crippen LogP contribution in [0.25, 0.3) is 0 Å². The van der Waals surface area contributed by atoms with Gasteiger partial charge in [0.25, 0.3) is 0 Å². The lowest BCUT2D eigenvalue weighted by molar-refractivity contribution is 0.431. The van der Waals surface area contributed by atoms with E-state index in [2.05, 4.69) is 4.98 Å². The van der Waals surface area contributed by atoms with Gasteiger partial charge in [0, 0.05) is 23.0 Å². The van der Waals surface area contributed by atoms with Crippen molar-refractivity contribution in [1.29, 1.82) is 0 Å². The van der Waals surface area contributed by atoms with Crippen LogP contribution in [0.1, 0.15) is 21.7 Å². The van der Waals surface area contributed by atoms with Crippen LogP contribution in [-0.4, -0.2) is 23.5 Å². The third kappa shape index (κ3) is 2.99. The van der Waals surface area contributed by atoms with Gasteiger partial charge in [0.15, 0.2) is 0 Å². The van der Waals surface area contributed by atoms with Crippen LogP contribution in [0.4, 0.5) is 0 Å². The van der Waals surface area contributed by atoms with Gasteiger partial charge < -0.3 is 0 Å². The van der Waals surface area contributed by atoms with E-state index in [1.54, 1.807) is 11.6 Å². The zero-order valence-corrected chi connectivity index (χ0v) is 13.9. The molecule has 1 aromatic heterocycles. The van der Waals surface area contributed by atoms with Gasteiger partial charge in [0.05, 0.1) is 17.0 Å². The number of aryl methyl sites for hydroxylation is 2. The molecular weight excluding hydrogens is 328 g/mol. The number of fused-ring (bicyclic) bond motifs is 1. The summed E-state index contributed by atoms with van der Waals surface area (Å²) >= 11 is 7.64. The van der Waals surface area contributed by atoms with Crippen molar-refractivity contribution in [2.24, 2.45) is 0 Å². The molecule has 0 aliphatic carbocycles. The topological polar surface area (TPSA) is 50.3 Å². The number of sulfonamides is 1. The summed E-state index contributed by atoms with van der Waals surface area (Å²) in [6.07, 6.45) is 0.513. The van der Waals surface area contributed by atoms with Gasteiger partial charge in [-0.25, -0.2) is 13.4 Å². The van der Waals surface area contributed by atoms with E-state index in [0.29, 0.717) is 24.5 Å². The predicted molar refractivity (Wildman–Crippen MR) is 85.0 cm³/mol. The molecule has 21 heavy (non-hydrogen) atoms. The molecule has 1 aromatic carbocycles. The quantitative estimate of drug-likeness (QED) is 0.858. The van der Waals surface area contributed by atoms with Crippen LogP contribution in [0.5, 0.6) is 0 Å². The first kappa shape index (κ1) is 15.0. The number of hydrogen-bond acceptors (Lipinski definition) is 4. The van der Waals surface area contributed by atoms with Gasteiger partial charge in [-0.2, -0.15) is 4.31 Å².